The highest BCUT2D eigenvalue weighted by Crippen LogP contribution is 2.16. The van der Waals surface area contributed by atoms with Crippen molar-refractivity contribution >= 4 is 5.97 Å². The van der Waals surface area contributed by atoms with Gasteiger partial charge in [-0.05, 0) is 36.8 Å². The summed E-state index contributed by atoms with van der Waals surface area (Å²) in [5, 5.41) is 0. The van der Waals surface area contributed by atoms with Gasteiger partial charge < -0.3 is 4.74 Å². The van der Waals surface area contributed by atoms with Crippen molar-refractivity contribution in [2.75, 3.05) is 0 Å². The fraction of sp³-hybridized carbons (Fsp3) is 0.389. The molecule has 0 spiro atoms. The van der Waals surface area contributed by atoms with Gasteiger partial charge in [0.05, 0.1) is 12.7 Å². The van der Waals surface area contributed by atoms with Gasteiger partial charge in [-0.15, -0.1) is 0 Å². The van der Waals surface area contributed by atoms with E-state index in [0.29, 0.717) is 18.3 Å². The molecular formula is C18H24O2. The zero-order valence-corrected chi connectivity index (χ0v) is 12.6. The van der Waals surface area contributed by atoms with E-state index in [2.05, 4.69) is 26.0 Å². The Labute approximate surface area is 122 Å². The van der Waals surface area contributed by atoms with Crippen LogP contribution in [0.25, 0.3) is 0 Å². The summed E-state index contributed by atoms with van der Waals surface area (Å²) in [7, 11) is 0. The summed E-state index contributed by atoms with van der Waals surface area (Å²) < 4.78 is 5.13. The Morgan fingerprint density at radius 1 is 1.25 bits per heavy atom. The van der Waals surface area contributed by atoms with Crippen LogP contribution in [0.15, 0.2) is 54.8 Å². The highest BCUT2D eigenvalue weighted by atomic mass is 16.5. The summed E-state index contributed by atoms with van der Waals surface area (Å²) in [6, 6.07) is 9.62. The van der Waals surface area contributed by atoms with Crippen LogP contribution in [0.3, 0.4) is 0 Å². The van der Waals surface area contributed by atoms with Gasteiger partial charge in [0.25, 0.3) is 0 Å². The summed E-state index contributed by atoms with van der Waals surface area (Å²) in [6.07, 6.45) is 9.07. The number of rotatable bonds is 7. The van der Waals surface area contributed by atoms with Crippen molar-refractivity contribution in [2.24, 2.45) is 11.8 Å². The molecule has 0 heterocycles. The molecule has 0 saturated carbocycles. The monoisotopic (exact) mass is 272 g/mol. The largest absolute Gasteiger partial charge is 0.435 e. The number of hydrogen-bond donors (Lipinski definition) is 0. The van der Waals surface area contributed by atoms with E-state index in [1.54, 1.807) is 0 Å². The molecule has 0 bridgehead atoms. The minimum atomic E-state index is -0.222. The fourth-order valence-electron chi connectivity index (χ4n) is 1.80. The first-order chi connectivity index (χ1) is 9.63. The first kappa shape index (κ1) is 16.2. The van der Waals surface area contributed by atoms with Crippen LogP contribution in [0.5, 0.6) is 0 Å². The molecule has 2 nitrogen and oxygen atoms in total. The Balaban J connectivity index is 2.34. The van der Waals surface area contributed by atoms with Crippen molar-refractivity contribution in [1.29, 1.82) is 0 Å². The second-order valence-electron chi connectivity index (χ2n) is 5.12. The summed E-state index contributed by atoms with van der Waals surface area (Å²) in [5.74, 6) is 0.701. The molecule has 2 unspecified atom stereocenters. The minimum Gasteiger partial charge on any atom is -0.435 e. The Kier molecular flexibility index (Phi) is 7.41. The minimum absolute atomic E-state index is 0.222. The van der Waals surface area contributed by atoms with Gasteiger partial charge in [-0.3, -0.25) is 4.79 Å². The normalized spacial score (nSPS) is 14.6. The first-order valence-electron chi connectivity index (χ1n) is 7.14. The van der Waals surface area contributed by atoms with E-state index in [1.165, 1.54) is 6.26 Å². The second kappa shape index (κ2) is 9.13. The summed E-state index contributed by atoms with van der Waals surface area (Å²) in [6.45, 7) is 6.36. The van der Waals surface area contributed by atoms with Crippen molar-refractivity contribution in [2.45, 2.75) is 33.6 Å². The third-order valence-electron chi connectivity index (χ3n) is 3.41. The molecule has 0 aliphatic rings. The lowest BCUT2D eigenvalue weighted by atomic mass is 9.93. The first-order valence-corrected chi connectivity index (χ1v) is 7.14. The van der Waals surface area contributed by atoms with Crippen LogP contribution in [0.4, 0.5) is 0 Å². The molecule has 0 radical (unpaired) electrons. The Morgan fingerprint density at radius 2 is 1.95 bits per heavy atom. The van der Waals surface area contributed by atoms with Crippen molar-refractivity contribution in [3.05, 3.63) is 60.4 Å². The number of benzene rings is 1. The molecule has 0 N–H and O–H groups in total. The SMILES string of the molecule is C/C=C/CC(C)C(C)/C=C/OC(=O)Cc1ccccc1. The van der Waals surface area contributed by atoms with Crippen LogP contribution in [-0.2, 0) is 16.0 Å². The Morgan fingerprint density at radius 3 is 2.60 bits per heavy atom. The second-order valence-corrected chi connectivity index (χ2v) is 5.12. The number of carbonyl (C=O) groups is 1. The van der Waals surface area contributed by atoms with Crippen LogP contribution >= 0.6 is 0 Å². The molecule has 0 aromatic heterocycles. The smallest absolute Gasteiger partial charge is 0.315 e. The number of hydrogen-bond acceptors (Lipinski definition) is 2. The average molecular weight is 272 g/mol. The summed E-state index contributed by atoms with van der Waals surface area (Å²) >= 11 is 0. The molecule has 0 aliphatic heterocycles. The van der Waals surface area contributed by atoms with Gasteiger partial charge in [-0.2, -0.15) is 0 Å². The maximum absolute atomic E-state index is 11.7. The number of allylic oxidation sites excluding steroid dienone is 3. The van der Waals surface area contributed by atoms with Gasteiger partial charge in [0, 0.05) is 0 Å². The van der Waals surface area contributed by atoms with Gasteiger partial charge in [-0.25, -0.2) is 0 Å². The molecule has 0 aliphatic carbocycles. The van der Waals surface area contributed by atoms with Gasteiger partial charge in [0.1, 0.15) is 0 Å². The van der Waals surface area contributed by atoms with Crippen LogP contribution < -0.4 is 0 Å². The number of ether oxygens (including phenoxy) is 1. The lowest BCUT2D eigenvalue weighted by molar-refractivity contribution is -0.137. The number of esters is 1. The van der Waals surface area contributed by atoms with Gasteiger partial charge >= 0.3 is 5.97 Å². The van der Waals surface area contributed by atoms with E-state index >= 15 is 0 Å². The molecule has 108 valence electrons. The van der Waals surface area contributed by atoms with E-state index in [1.807, 2.05) is 43.3 Å². The maximum atomic E-state index is 11.7. The molecular weight excluding hydrogens is 248 g/mol. The van der Waals surface area contributed by atoms with E-state index in [0.717, 1.165) is 12.0 Å². The molecule has 20 heavy (non-hydrogen) atoms. The topological polar surface area (TPSA) is 26.3 Å². The van der Waals surface area contributed by atoms with E-state index in [4.69, 9.17) is 4.74 Å². The Bertz CT molecular complexity index is 446. The summed E-state index contributed by atoms with van der Waals surface area (Å²) in [5.41, 5.74) is 0.973. The van der Waals surface area contributed by atoms with E-state index in [-0.39, 0.29) is 5.97 Å². The molecule has 1 aromatic rings. The van der Waals surface area contributed by atoms with Crippen molar-refractivity contribution in [3.8, 4) is 0 Å². The van der Waals surface area contributed by atoms with E-state index in [9.17, 15) is 4.79 Å². The molecule has 0 saturated heterocycles. The predicted molar refractivity (Wildman–Crippen MR) is 83.1 cm³/mol. The van der Waals surface area contributed by atoms with Gasteiger partial charge in [0.15, 0.2) is 0 Å². The molecule has 0 amide bonds. The van der Waals surface area contributed by atoms with Gasteiger partial charge in [-0.1, -0.05) is 56.3 Å². The predicted octanol–water partition coefficient (Wildman–Crippen LogP) is 4.52. The lowest BCUT2D eigenvalue weighted by Crippen LogP contribution is -2.06. The number of carbonyl (C=O) groups excluding carboxylic acids is 1. The molecule has 0 fully saturated rings. The molecule has 1 rings (SSSR count). The highest BCUT2D eigenvalue weighted by molar-refractivity contribution is 5.73. The lowest BCUT2D eigenvalue weighted by Gasteiger charge is -2.13. The highest BCUT2D eigenvalue weighted by Gasteiger charge is 2.08. The maximum Gasteiger partial charge on any atom is 0.315 e. The van der Waals surface area contributed by atoms with Crippen molar-refractivity contribution in [3.63, 3.8) is 0 Å². The third kappa shape index (κ3) is 6.37. The van der Waals surface area contributed by atoms with Crippen LogP contribution in [0.1, 0.15) is 32.8 Å². The van der Waals surface area contributed by atoms with Crippen molar-refractivity contribution < 1.29 is 9.53 Å². The summed E-state index contributed by atoms with van der Waals surface area (Å²) in [4.78, 5) is 11.7. The quantitative estimate of drug-likeness (QED) is 0.414. The third-order valence-corrected chi connectivity index (χ3v) is 3.41. The zero-order chi connectivity index (χ0) is 14.8. The van der Waals surface area contributed by atoms with Gasteiger partial charge in [0.2, 0.25) is 0 Å². The zero-order valence-electron chi connectivity index (χ0n) is 12.6. The molecule has 2 atom stereocenters. The standard InChI is InChI=1S/C18H24O2/c1-4-5-9-15(2)16(3)12-13-20-18(19)14-17-10-7-6-8-11-17/h4-8,10-13,15-16H,9,14H2,1-3H3/b5-4+,13-12+. The molecule has 1 aromatic carbocycles. The average Bonchev–Trinajstić information content (AvgIpc) is 2.45. The van der Waals surface area contributed by atoms with Crippen LogP contribution in [0, 0.1) is 11.8 Å². The fourth-order valence-corrected chi connectivity index (χ4v) is 1.80. The Hall–Kier alpha value is -1.83. The van der Waals surface area contributed by atoms with E-state index < -0.39 is 0 Å². The van der Waals surface area contributed by atoms with Crippen LogP contribution in [-0.4, -0.2) is 5.97 Å². The van der Waals surface area contributed by atoms with Crippen LogP contribution in [0.2, 0.25) is 0 Å². The van der Waals surface area contributed by atoms with Crippen molar-refractivity contribution in [1.82, 2.24) is 0 Å². The molecule has 2 heteroatoms.